The summed E-state index contributed by atoms with van der Waals surface area (Å²) in [5.74, 6) is 0.752. The van der Waals surface area contributed by atoms with Gasteiger partial charge in [-0.25, -0.2) is 0 Å². The highest BCUT2D eigenvalue weighted by Gasteiger charge is 2.11. The molecule has 0 aliphatic heterocycles. The van der Waals surface area contributed by atoms with E-state index in [4.69, 9.17) is 4.74 Å². The number of nitrogens with one attached hydrogen (secondary N) is 2. The average Bonchev–Trinajstić information content (AvgIpc) is 2.66. The van der Waals surface area contributed by atoms with Gasteiger partial charge in [-0.3, -0.25) is 9.59 Å². The lowest BCUT2D eigenvalue weighted by Gasteiger charge is -2.15. The molecule has 0 saturated carbocycles. The van der Waals surface area contributed by atoms with Crippen molar-refractivity contribution in [3.8, 4) is 5.75 Å². The van der Waals surface area contributed by atoms with Crippen LogP contribution >= 0.6 is 15.9 Å². The summed E-state index contributed by atoms with van der Waals surface area (Å²) in [7, 11) is 1.62. The molecule has 0 aliphatic rings. The molecule has 2 aromatic rings. The molecule has 0 fully saturated rings. The maximum Gasteiger partial charge on any atom is 0.224 e. The van der Waals surface area contributed by atoms with Gasteiger partial charge in [-0.05, 0) is 64.7 Å². The number of rotatable bonds is 8. The van der Waals surface area contributed by atoms with E-state index in [0.29, 0.717) is 19.3 Å². The third-order valence-electron chi connectivity index (χ3n) is 4.25. The molecule has 0 aromatic heterocycles. The molecule has 6 heteroatoms. The van der Waals surface area contributed by atoms with Crippen molar-refractivity contribution in [3.63, 3.8) is 0 Å². The van der Waals surface area contributed by atoms with Crippen LogP contribution < -0.4 is 15.4 Å². The lowest BCUT2D eigenvalue weighted by atomic mass is 10.1. The van der Waals surface area contributed by atoms with Crippen LogP contribution in [-0.4, -0.2) is 18.9 Å². The van der Waals surface area contributed by atoms with Crippen LogP contribution in [-0.2, 0) is 16.0 Å². The van der Waals surface area contributed by atoms with Gasteiger partial charge in [0.2, 0.25) is 11.8 Å². The number of carbonyl (C=O) groups is 2. The van der Waals surface area contributed by atoms with E-state index < -0.39 is 0 Å². The number of methoxy groups -OCH3 is 1. The van der Waals surface area contributed by atoms with Gasteiger partial charge in [0.1, 0.15) is 5.75 Å². The van der Waals surface area contributed by atoms with Gasteiger partial charge in [0.15, 0.2) is 0 Å². The van der Waals surface area contributed by atoms with Gasteiger partial charge in [-0.15, -0.1) is 0 Å². The summed E-state index contributed by atoms with van der Waals surface area (Å²) in [5, 5.41) is 5.82. The SMILES string of the molecule is CCC(=O)Nc1ccc(C(C)NC(=O)CCc2ccc(OC)c(Br)c2)cc1. The minimum atomic E-state index is -0.101. The number of benzene rings is 2. The number of carbonyl (C=O) groups excluding carboxylic acids is 2. The second kappa shape index (κ2) is 10.1. The molecule has 2 N–H and O–H groups in total. The second-order valence-corrected chi connectivity index (χ2v) is 7.14. The molecule has 1 unspecified atom stereocenters. The summed E-state index contributed by atoms with van der Waals surface area (Å²) in [6.07, 6.45) is 1.51. The summed E-state index contributed by atoms with van der Waals surface area (Å²) in [4.78, 5) is 23.7. The number of aryl methyl sites for hydroxylation is 1. The van der Waals surface area contributed by atoms with Crippen LogP contribution in [0.2, 0.25) is 0 Å². The zero-order valence-electron chi connectivity index (χ0n) is 15.8. The Morgan fingerprint density at radius 1 is 1.11 bits per heavy atom. The first-order chi connectivity index (χ1) is 12.9. The maximum atomic E-state index is 12.3. The van der Waals surface area contributed by atoms with Crippen LogP contribution in [0.4, 0.5) is 5.69 Å². The van der Waals surface area contributed by atoms with Crippen molar-refractivity contribution in [1.82, 2.24) is 5.32 Å². The van der Waals surface area contributed by atoms with Crippen LogP contribution in [0.3, 0.4) is 0 Å². The quantitative estimate of drug-likeness (QED) is 0.639. The summed E-state index contributed by atoms with van der Waals surface area (Å²) in [6.45, 7) is 3.76. The van der Waals surface area contributed by atoms with E-state index in [9.17, 15) is 9.59 Å². The zero-order chi connectivity index (χ0) is 19.8. The number of hydrogen-bond acceptors (Lipinski definition) is 3. The van der Waals surface area contributed by atoms with Gasteiger partial charge >= 0.3 is 0 Å². The first-order valence-electron chi connectivity index (χ1n) is 8.94. The maximum absolute atomic E-state index is 12.3. The van der Waals surface area contributed by atoms with E-state index in [-0.39, 0.29) is 17.9 Å². The molecule has 27 heavy (non-hydrogen) atoms. The standard InChI is InChI=1S/C21H25BrN2O3/c1-4-20(25)24-17-9-7-16(8-10-17)14(2)23-21(26)12-6-15-5-11-19(27-3)18(22)13-15/h5,7-11,13-14H,4,6,12H2,1-3H3,(H,23,26)(H,24,25). The minimum absolute atomic E-state index is 0.00203. The average molecular weight is 433 g/mol. The lowest BCUT2D eigenvalue weighted by molar-refractivity contribution is -0.121. The van der Waals surface area contributed by atoms with E-state index >= 15 is 0 Å². The number of anilines is 1. The van der Waals surface area contributed by atoms with Crippen LogP contribution in [0.15, 0.2) is 46.9 Å². The normalized spacial score (nSPS) is 11.6. The highest BCUT2D eigenvalue weighted by molar-refractivity contribution is 9.10. The van der Waals surface area contributed by atoms with Crippen molar-refractivity contribution >= 4 is 33.4 Å². The van der Waals surface area contributed by atoms with E-state index in [1.807, 2.05) is 56.3 Å². The third-order valence-corrected chi connectivity index (χ3v) is 4.87. The molecule has 0 saturated heterocycles. The zero-order valence-corrected chi connectivity index (χ0v) is 17.4. The lowest BCUT2D eigenvalue weighted by Crippen LogP contribution is -2.26. The van der Waals surface area contributed by atoms with Crippen molar-refractivity contribution in [2.24, 2.45) is 0 Å². The molecule has 2 rings (SSSR count). The number of hydrogen-bond donors (Lipinski definition) is 2. The van der Waals surface area contributed by atoms with Gasteiger partial charge in [0.05, 0.1) is 17.6 Å². The molecule has 0 bridgehead atoms. The highest BCUT2D eigenvalue weighted by Crippen LogP contribution is 2.26. The van der Waals surface area contributed by atoms with Crippen LogP contribution in [0.1, 0.15) is 43.9 Å². The summed E-state index contributed by atoms with van der Waals surface area (Å²) < 4.78 is 6.09. The molecule has 0 heterocycles. The smallest absolute Gasteiger partial charge is 0.224 e. The molecule has 5 nitrogen and oxygen atoms in total. The Bertz CT molecular complexity index is 791. The second-order valence-electron chi connectivity index (χ2n) is 6.28. The molecule has 1 atom stereocenters. The van der Waals surface area contributed by atoms with E-state index in [1.165, 1.54) is 0 Å². The van der Waals surface area contributed by atoms with Crippen LogP contribution in [0.5, 0.6) is 5.75 Å². The number of amides is 2. The Kier molecular flexibility index (Phi) is 7.85. The fourth-order valence-electron chi connectivity index (χ4n) is 2.62. The molecule has 0 aliphatic carbocycles. The molecule has 0 radical (unpaired) electrons. The van der Waals surface area contributed by atoms with Crippen LogP contribution in [0, 0.1) is 0 Å². The van der Waals surface area contributed by atoms with Gasteiger partial charge in [-0.2, -0.15) is 0 Å². The molecule has 144 valence electrons. The molecule has 2 amide bonds. The summed E-state index contributed by atoms with van der Waals surface area (Å²) >= 11 is 3.46. The molecule has 0 spiro atoms. The molecule has 2 aromatic carbocycles. The predicted molar refractivity (Wildman–Crippen MR) is 111 cm³/mol. The van der Waals surface area contributed by atoms with Gasteiger partial charge in [0, 0.05) is 18.5 Å². The van der Waals surface area contributed by atoms with Crippen molar-refractivity contribution < 1.29 is 14.3 Å². The largest absolute Gasteiger partial charge is 0.496 e. The highest BCUT2D eigenvalue weighted by atomic mass is 79.9. The minimum Gasteiger partial charge on any atom is -0.496 e. The van der Waals surface area contributed by atoms with E-state index in [0.717, 1.165) is 27.0 Å². The van der Waals surface area contributed by atoms with Crippen molar-refractivity contribution in [1.29, 1.82) is 0 Å². The summed E-state index contributed by atoms with van der Waals surface area (Å²) in [5.41, 5.74) is 2.82. The Morgan fingerprint density at radius 2 is 1.81 bits per heavy atom. The van der Waals surface area contributed by atoms with Crippen molar-refractivity contribution in [2.75, 3.05) is 12.4 Å². The third kappa shape index (κ3) is 6.40. The number of ether oxygens (including phenoxy) is 1. The summed E-state index contributed by atoms with van der Waals surface area (Å²) in [6, 6.07) is 13.2. The van der Waals surface area contributed by atoms with Crippen LogP contribution in [0.25, 0.3) is 0 Å². The topological polar surface area (TPSA) is 67.4 Å². The van der Waals surface area contributed by atoms with Crippen molar-refractivity contribution in [2.45, 2.75) is 39.2 Å². The van der Waals surface area contributed by atoms with Gasteiger partial charge in [0.25, 0.3) is 0 Å². The Labute approximate surface area is 168 Å². The van der Waals surface area contributed by atoms with Gasteiger partial charge in [-0.1, -0.05) is 25.1 Å². The fraction of sp³-hybridized carbons (Fsp3) is 0.333. The predicted octanol–water partition coefficient (Wildman–Crippen LogP) is 4.62. The monoisotopic (exact) mass is 432 g/mol. The van der Waals surface area contributed by atoms with Gasteiger partial charge < -0.3 is 15.4 Å². The first-order valence-corrected chi connectivity index (χ1v) is 9.73. The Morgan fingerprint density at radius 3 is 2.41 bits per heavy atom. The van der Waals surface area contributed by atoms with E-state index in [2.05, 4.69) is 26.6 Å². The van der Waals surface area contributed by atoms with E-state index in [1.54, 1.807) is 7.11 Å². The Hall–Kier alpha value is -2.34. The molecular weight excluding hydrogens is 408 g/mol. The molecular formula is C21H25BrN2O3. The van der Waals surface area contributed by atoms with Crippen molar-refractivity contribution in [3.05, 3.63) is 58.1 Å². The first kappa shape index (κ1) is 21.0. The Balaban J connectivity index is 1.86. The fourth-order valence-corrected chi connectivity index (χ4v) is 3.21. The number of halogens is 1.